The number of sulfonamides is 1. The molecule has 0 aromatic heterocycles. The second-order valence-corrected chi connectivity index (χ2v) is 6.53. The van der Waals surface area contributed by atoms with Crippen molar-refractivity contribution >= 4 is 15.7 Å². The number of quaternary nitrogens is 1. The van der Waals surface area contributed by atoms with Gasteiger partial charge in [0.05, 0.1) is 26.0 Å². The summed E-state index contributed by atoms with van der Waals surface area (Å²) in [4.78, 5) is 0.332. The van der Waals surface area contributed by atoms with Gasteiger partial charge in [0.2, 0.25) is 0 Å². The molecule has 4 nitrogen and oxygen atoms in total. The molecular formula is C11H15N2O2S+. The van der Waals surface area contributed by atoms with E-state index in [4.69, 9.17) is 0 Å². The SMILES string of the molecule is C[N+](C)(C)CC1=NS(=O)(=O)c2ccccc21. The number of hydrogen-bond donors (Lipinski definition) is 0. The zero-order chi connectivity index (χ0) is 12.0. The average molecular weight is 239 g/mol. The van der Waals surface area contributed by atoms with Crippen molar-refractivity contribution in [3.8, 4) is 0 Å². The van der Waals surface area contributed by atoms with Crippen molar-refractivity contribution in [3.63, 3.8) is 0 Å². The Kier molecular flexibility index (Phi) is 2.40. The highest BCUT2D eigenvalue weighted by Gasteiger charge is 2.30. The third kappa shape index (κ3) is 2.01. The molecule has 0 saturated carbocycles. The van der Waals surface area contributed by atoms with E-state index in [-0.39, 0.29) is 0 Å². The molecule has 1 aromatic rings. The topological polar surface area (TPSA) is 46.5 Å². The van der Waals surface area contributed by atoms with Gasteiger partial charge in [-0.2, -0.15) is 12.8 Å². The van der Waals surface area contributed by atoms with Crippen LogP contribution in [0.2, 0.25) is 0 Å². The van der Waals surface area contributed by atoms with Gasteiger partial charge in [-0.05, 0) is 6.07 Å². The lowest BCUT2D eigenvalue weighted by Gasteiger charge is -2.23. The van der Waals surface area contributed by atoms with E-state index >= 15 is 0 Å². The second-order valence-electron chi connectivity index (χ2n) is 4.96. The molecule has 1 aliphatic heterocycles. The first-order valence-corrected chi connectivity index (χ1v) is 6.47. The van der Waals surface area contributed by atoms with Crippen LogP contribution in [0.4, 0.5) is 0 Å². The van der Waals surface area contributed by atoms with Crippen LogP contribution in [0.15, 0.2) is 33.6 Å². The first-order valence-electron chi connectivity index (χ1n) is 5.03. The molecule has 2 rings (SSSR count). The van der Waals surface area contributed by atoms with Crippen LogP contribution in [0.3, 0.4) is 0 Å². The summed E-state index contributed by atoms with van der Waals surface area (Å²) in [6, 6.07) is 6.98. The van der Waals surface area contributed by atoms with Gasteiger partial charge in [0, 0.05) is 5.56 Å². The highest BCUT2D eigenvalue weighted by atomic mass is 32.2. The Morgan fingerprint density at radius 1 is 1.19 bits per heavy atom. The van der Waals surface area contributed by atoms with Crippen molar-refractivity contribution in [2.24, 2.45) is 4.40 Å². The lowest BCUT2D eigenvalue weighted by Crippen LogP contribution is -2.39. The summed E-state index contributed by atoms with van der Waals surface area (Å²) in [6.45, 7) is 0.607. The van der Waals surface area contributed by atoms with Gasteiger partial charge in [-0.15, -0.1) is 0 Å². The van der Waals surface area contributed by atoms with Gasteiger partial charge in [-0.1, -0.05) is 18.2 Å². The predicted molar refractivity (Wildman–Crippen MR) is 63.1 cm³/mol. The Morgan fingerprint density at radius 2 is 1.81 bits per heavy atom. The van der Waals surface area contributed by atoms with Gasteiger partial charge in [-0.3, -0.25) is 0 Å². The van der Waals surface area contributed by atoms with E-state index < -0.39 is 10.0 Å². The zero-order valence-corrected chi connectivity index (χ0v) is 10.5. The maximum absolute atomic E-state index is 11.8. The Balaban J connectivity index is 2.52. The van der Waals surface area contributed by atoms with Crippen LogP contribution in [0.25, 0.3) is 0 Å². The molecule has 0 amide bonds. The number of likely N-dealkylation sites (N-methyl/N-ethyl adjacent to an activating group) is 1. The highest BCUT2D eigenvalue weighted by molar-refractivity contribution is 7.90. The molecule has 5 heteroatoms. The summed E-state index contributed by atoms with van der Waals surface area (Å²) in [5, 5.41) is 0. The summed E-state index contributed by atoms with van der Waals surface area (Å²) in [6.07, 6.45) is 0. The fourth-order valence-corrected chi connectivity index (χ4v) is 3.00. The van der Waals surface area contributed by atoms with E-state index in [9.17, 15) is 8.42 Å². The van der Waals surface area contributed by atoms with E-state index in [2.05, 4.69) is 4.40 Å². The first kappa shape index (κ1) is 11.3. The van der Waals surface area contributed by atoms with Gasteiger partial charge < -0.3 is 4.48 Å². The smallest absolute Gasteiger partial charge is 0.283 e. The Bertz CT molecular complexity index is 554. The van der Waals surface area contributed by atoms with E-state index in [1.165, 1.54) is 0 Å². The molecule has 0 radical (unpaired) electrons. The van der Waals surface area contributed by atoms with Crippen LogP contribution in [0.5, 0.6) is 0 Å². The normalized spacial score (nSPS) is 18.1. The van der Waals surface area contributed by atoms with Crippen molar-refractivity contribution in [2.75, 3.05) is 27.7 Å². The van der Waals surface area contributed by atoms with Crippen LogP contribution in [-0.4, -0.2) is 46.3 Å². The second kappa shape index (κ2) is 3.40. The van der Waals surface area contributed by atoms with Crippen molar-refractivity contribution in [2.45, 2.75) is 4.90 Å². The Morgan fingerprint density at radius 3 is 2.44 bits per heavy atom. The molecule has 0 N–H and O–H groups in total. The molecule has 0 atom stereocenters. The Hall–Kier alpha value is -1.20. The number of nitrogens with zero attached hydrogens (tertiary/aromatic N) is 2. The van der Waals surface area contributed by atoms with Crippen molar-refractivity contribution in [1.82, 2.24) is 0 Å². The minimum Gasteiger partial charge on any atom is -0.326 e. The third-order valence-electron chi connectivity index (χ3n) is 2.33. The fourth-order valence-electron chi connectivity index (χ4n) is 1.74. The summed E-state index contributed by atoms with van der Waals surface area (Å²) < 4.78 is 28.0. The van der Waals surface area contributed by atoms with Crippen molar-refractivity contribution in [1.29, 1.82) is 0 Å². The van der Waals surface area contributed by atoms with E-state index in [1.54, 1.807) is 12.1 Å². The van der Waals surface area contributed by atoms with Crippen LogP contribution < -0.4 is 0 Å². The van der Waals surface area contributed by atoms with Gasteiger partial charge in [0.1, 0.15) is 12.3 Å². The quantitative estimate of drug-likeness (QED) is 0.719. The average Bonchev–Trinajstić information content (AvgIpc) is 2.37. The lowest BCUT2D eigenvalue weighted by molar-refractivity contribution is -0.860. The molecule has 16 heavy (non-hydrogen) atoms. The summed E-state index contributed by atoms with van der Waals surface area (Å²) in [5.74, 6) is 0. The molecule has 0 aliphatic carbocycles. The Labute approximate surface area is 95.9 Å². The lowest BCUT2D eigenvalue weighted by atomic mass is 10.1. The number of benzene rings is 1. The van der Waals surface area contributed by atoms with E-state index in [0.717, 1.165) is 5.56 Å². The number of rotatable bonds is 2. The van der Waals surface area contributed by atoms with Gasteiger partial charge in [0.25, 0.3) is 10.0 Å². The molecule has 0 bridgehead atoms. The summed E-state index contributed by atoms with van der Waals surface area (Å²) >= 11 is 0. The predicted octanol–water partition coefficient (Wildman–Crippen LogP) is 0.884. The van der Waals surface area contributed by atoms with Crippen LogP contribution in [0.1, 0.15) is 5.56 Å². The minimum atomic E-state index is -3.45. The molecule has 0 saturated heterocycles. The van der Waals surface area contributed by atoms with Gasteiger partial charge >= 0.3 is 0 Å². The maximum Gasteiger partial charge on any atom is 0.283 e. The molecule has 86 valence electrons. The number of fused-ring (bicyclic) bond motifs is 1. The fraction of sp³-hybridized carbons (Fsp3) is 0.364. The molecule has 1 heterocycles. The minimum absolute atomic E-state index is 0.332. The monoisotopic (exact) mass is 239 g/mol. The van der Waals surface area contributed by atoms with Crippen LogP contribution in [0, 0.1) is 0 Å². The van der Waals surface area contributed by atoms with Gasteiger partial charge in [0.15, 0.2) is 0 Å². The van der Waals surface area contributed by atoms with Gasteiger partial charge in [-0.25, -0.2) is 0 Å². The molecule has 0 unspecified atom stereocenters. The van der Waals surface area contributed by atoms with E-state index in [0.29, 0.717) is 21.6 Å². The van der Waals surface area contributed by atoms with Crippen LogP contribution >= 0.6 is 0 Å². The highest BCUT2D eigenvalue weighted by Crippen LogP contribution is 2.26. The van der Waals surface area contributed by atoms with Crippen molar-refractivity contribution in [3.05, 3.63) is 29.8 Å². The zero-order valence-electron chi connectivity index (χ0n) is 9.64. The molecule has 0 fully saturated rings. The van der Waals surface area contributed by atoms with Crippen LogP contribution in [-0.2, 0) is 10.0 Å². The first-order chi connectivity index (χ1) is 7.30. The molecule has 0 spiro atoms. The molecule has 1 aromatic carbocycles. The number of hydrogen-bond acceptors (Lipinski definition) is 2. The summed E-state index contributed by atoms with van der Waals surface area (Å²) in [7, 11) is 2.58. The van der Waals surface area contributed by atoms with Crippen molar-refractivity contribution < 1.29 is 12.9 Å². The standard InChI is InChI=1S/C11H15N2O2S/c1-13(2,3)8-10-9-6-4-5-7-11(9)16(14,15)12-10/h4-7H,8H2,1-3H3/q+1. The maximum atomic E-state index is 11.8. The molecule has 1 aliphatic rings. The largest absolute Gasteiger partial charge is 0.326 e. The molecular weight excluding hydrogens is 224 g/mol. The summed E-state index contributed by atoms with van der Waals surface area (Å²) in [5.41, 5.74) is 1.40. The van der Waals surface area contributed by atoms with E-state index in [1.807, 2.05) is 33.3 Å². The third-order valence-corrected chi connectivity index (χ3v) is 3.70.